The molecule has 1 aliphatic rings. The van der Waals surface area contributed by atoms with Crippen molar-refractivity contribution >= 4 is 5.91 Å². The molecule has 4 unspecified atom stereocenters. The van der Waals surface area contributed by atoms with Crippen LogP contribution in [0.1, 0.15) is 46.0 Å². The SMILES string of the molecule is CCCC(COC)NC(=O)C1CC(C)CCC1N. The number of nitrogens with two attached hydrogens (primary N) is 1. The third-order valence-corrected chi connectivity index (χ3v) is 3.85. The summed E-state index contributed by atoms with van der Waals surface area (Å²) in [6.45, 7) is 4.89. The number of methoxy groups -OCH3 is 1. The first kappa shape index (κ1) is 15.4. The Balaban J connectivity index is 2.50. The van der Waals surface area contributed by atoms with Gasteiger partial charge in [-0.15, -0.1) is 0 Å². The van der Waals surface area contributed by atoms with Crippen molar-refractivity contribution < 1.29 is 9.53 Å². The van der Waals surface area contributed by atoms with E-state index >= 15 is 0 Å². The maximum absolute atomic E-state index is 12.3. The Morgan fingerprint density at radius 2 is 2.22 bits per heavy atom. The van der Waals surface area contributed by atoms with Crippen LogP contribution in [-0.4, -0.2) is 31.7 Å². The molecule has 0 heterocycles. The molecule has 106 valence electrons. The largest absolute Gasteiger partial charge is 0.383 e. The lowest BCUT2D eigenvalue weighted by Crippen LogP contribution is -2.49. The van der Waals surface area contributed by atoms with Crippen molar-refractivity contribution in [1.29, 1.82) is 0 Å². The van der Waals surface area contributed by atoms with Crippen LogP contribution in [0.15, 0.2) is 0 Å². The van der Waals surface area contributed by atoms with Gasteiger partial charge in [0, 0.05) is 13.2 Å². The van der Waals surface area contributed by atoms with Crippen molar-refractivity contribution in [2.75, 3.05) is 13.7 Å². The summed E-state index contributed by atoms with van der Waals surface area (Å²) in [6, 6.07) is 0.142. The predicted molar refractivity (Wildman–Crippen MR) is 73.2 cm³/mol. The molecular formula is C14H28N2O2. The van der Waals surface area contributed by atoms with Crippen LogP contribution >= 0.6 is 0 Å². The van der Waals surface area contributed by atoms with Crippen molar-refractivity contribution in [2.45, 2.75) is 58.0 Å². The van der Waals surface area contributed by atoms with Crippen LogP contribution in [-0.2, 0) is 9.53 Å². The summed E-state index contributed by atoms with van der Waals surface area (Å²) >= 11 is 0. The van der Waals surface area contributed by atoms with E-state index in [1.54, 1.807) is 7.11 Å². The summed E-state index contributed by atoms with van der Waals surface area (Å²) in [5, 5.41) is 3.10. The summed E-state index contributed by atoms with van der Waals surface area (Å²) in [5.74, 6) is 0.696. The zero-order valence-corrected chi connectivity index (χ0v) is 11.9. The van der Waals surface area contributed by atoms with Gasteiger partial charge >= 0.3 is 0 Å². The molecule has 4 heteroatoms. The fraction of sp³-hybridized carbons (Fsp3) is 0.929. The fourth-order valence-electron chi connectivity index (χ4n) is 2.76. The molecular weight excluding hydrogens is 228 g/mol. The maximum atomic E-state index is 12.3. The lowest BCUT2D eigenvalue weighted by atomic mass is 9.78. The summed E-state index contributed by atoms with van der Waals surface area (Å²) in [4.78, 5) is 12.3. The third kappa shape index (κ3) is 4.58. The number of carbonyl (C=O) groups is 1. The number of ether oxygens (including phenoxy) is 1. The Labute approximate surface area is 111 Å². The van der Waals surface area contributed by atoms with Crippen molar-refractivity contribution in [1.82, 2.24) is 5.32 Å². The first-order chi connectivity index (χ1) is 8.58. The molecule has 0 aromatic rings. The molecule has 1 amide bonds. The molecule has 0 spiro atoms. The highest BCUT2D eigenvalue weighted by molar-refractivity contribution is 5.79. The molecule has 1 fully saturated rings. The van der Waals surface area contributed by atoms with Crippen molar-refractivity contribution in [2.24, 2.45) is 17.6 Å². The number of carbonyl (C=O) groups excluding carboxylic acids is 1. The van der Waals surface area contributed by atoms with Crippen molar-refractivity contribution in [3.05, 3.63) is 0 Å². The van der Waals surface area contributed by atoms with Crippen LogP contribution in [0.4, 0.5) is 0 Å². The Hall–Kier alpha value is -0.610. The van der Waals surface area contributed by atoms with Gasteiger partial charge in [-0.05, 0) is 31.6 Å². The van der Waals surface area contributed by atoms with E-state index in [1.807, 2.05) is 0 Å². The molecule has 0 aliphatic heterocycles. The van der Waals surface area contributed by atoms with Gasteiger partial charge in [0.1, 0.15) is 0 Å². The minimum Gasteiger partial charge on any atom is -0.383 e. The number of hydrogen-bond donors (Lipinski definition) is 2. The van der Waals surface area contributed by atoms with E-state index < -0.39 is 0 Å². The van der Waals surface area contributed by atoms with Gasteiger partial charge in [0.15, 0.2) is 0 Å². The summed E-state index contributed by atoms with van der Waals surface area (Å²) in [5.41, 5.74) is 6.07. The predicted octanol–water partition coefficient (Wildman–Crippen LogP) is 1.68. The highest BCUT2D eigenvalue weighted by Crippen LogP contribution is 2.28. The zero-order valence-electron chi connectivity index (χ0n) is 11.9. The van der Waals surface area contributed by atoms with Gasteiger partial charge in [-0.3, -0.25) is 4.79 Å². The lowest BCUT2D eigenvalue weighted by Gasteiger charge is -2.32. The standard InChI is InChI=1S/C14H28N2O2/c1-4-5-11(9-18-3)16-14(17)12-8-10(2)6-7-13(12)15/h10-13H,4-9,15H2,1-3H3,(H,16,17). The van der Waals surface area contributed by atoms with Gasteiger partial charge in [0.05, 0.1) is 18.6 Å². The molecule has 1 aliphatic carbocycles. The van der Waals surface area contributed by atoms with Gasteiger partial charge in [-0.25, -0.2) is 0 Å². The second kappa shape index (κ2) is 7.74. The lowest BCUT2D eigenvalue weighted by molar-refractivity contribution is -0.128. The van der Waals surface area contributed by atoms with E-state index in [0.29, 0.717) is 12.5 Å². The molecule has 4 nitrogen and oxygen atoms in total. The van der Waals surface area contributed by atoms with E-state index in [-0.39, 0.29) is 23.9 Å². The van der Waals surface area contributed by atoms with Crippen molar-refractivity contribution in [3.8, 4) is 0 Å². The first-order valence-corrected chi connectivity index (χ1v) is 7.13. The number of hydrogen-bond acceptors (Lipinski definition) is 3. The molecule has 0 saturated heterocycles. The summed E-state index contributed by atoms with van der Waals surface area (Å²) in [7, 11) is 1.67. The number of nitrogens with one attached hydrogen (secondary N) is 1. The minimum atomic E-state index is -0.0232. The van der Waals surface area contributed by atoms with Crippen LogP contribution in [0.3, 0.4) is 0 Å². The third-order valence-electron chi connectivity index (χ3n) is 3.85. The molecule has 0 aromatic carbocycles. The van der Waals surface area contributed by atoms with E-state index in [1.165, 1.54) is 0 Å². The smallest absolute Gasteiger partial charge is 0.224 e. The van der Waals surface area contributed by atoms with E-state index in [0.717, 1.165) is 32.1 Å². The van der Waals surface area contributed by atoms with E-state index in [9.17, 15) is 4.79 Å². The Bertz CT molecular complexity index is 252. The van der Waals surface area contributed by atoms with Crippen LogP contribution in [0.5, 0.6) is 0 Å². The van der Waals surface area contributed by atoms with Crippen LogP contribution < -0.4 is 11.1 Å². The Morgan fingerprint density at radius 3 is 2.83 bits per heavy atom. The van der Waals surface area contributed by atoms with Crippen LogP contribution in [0.25, 0.3) is 0 Å². The summed E-state index contributed by atoms with van der Waals surface area (Å²) in [6.07, 6.45) is 5.01. The quantitative estimate of drug-likeness (QED) is 0.760. The molecule has 3 N–H and O–H groups in total. The molecule has 4 atom stereocenters. The van der Waals surface area contributed by atoms with E-state index in [2.05, 4.69) is 19.2 Å². The summed E-state index contributed by atoms with van der Waals surface area (Å²) < 4.78 is 5.15. The molecule has 0 radical (unpaired) electrons. The molecule has 0 aromatic heterocycles. The van der Waals surface area contributed by atoms with Gasteiger partial charge < -0.3 is 15.8 Å². The van der Waals surface area contributed by atoms with Gasteiger partial charge in [-0.1, -0.05) is 20.3 Å². The molecule has 1 rings (SSSR count). The Kier molecular flexibility index (Phi) is 6.65. The fourth-order valence-corrected chi connectivity index (χ4v) is 2.76. The second-order valence-corrected chi connectivity index (χ2v) is 5.64. The minimum absolute atomic E-state index is 0.0195. The van der Waals surface area contributed by atoms with Gasteiger partial charge in [-0.2, -0.15) is 0 Å². The van der Waals surface area contributed by atoms with Crippen LogP contribution in [0, 0.1) is 11.8 Å². The first-order valence-electron chi connectivity index (χ1n) is 7.13. The molecule has 18 heavy (non-hydrogen) atoms. The number of rotatable bonds is 6. The zero-order chi connectivity index (χ0) is 13.5. The van der Waals surface area contributed by atoms with Gasteiger partial charge in [0.2, 0.25) is 5.91 Å². The highest BCUT2D eigenvalue weighted by atomic mass is 16.5. The second-order valence-electron chi connectivity index (χ2n) is 5.64. The van der Waals surface area contributed by atoms with Gasteiger partial charge in [0.25, 0.3) is 0 Å². The average molecular weight is 256 g/mol. The topological polar surface area (TPSA) is 64.3 Å². The normalized spacial score (nSPS) is 29.9. The maximum Gasteiger partial charge on any atom is 0.224 e. The Morgan fingerprint density at radius 1 is 1.50 bits per heavy atom. The monoisotopic (exact) mass is 256 g/mol. The number of amides is 1. The average Bonchev–Trinajstić information content (AvgIpc) is 2.33. The van der Waals surface area contributed by atoms with Crippen LogP contribution in [0.2, 0.25) is 0 Å². The molecule has 0 bridgehead atoms. The van der Waals surface area contributed by atoms with Crippen molar-refractivity contribution in [3.63, 3.8) is 0 Å². The van der Waals surface area contributed by atoms with E-state index in [4.69, 9.17) is 10.5 Å². The molecule has 1 saturated carbocycles. The highest BCUT2D eigenvalue weighted by Gasteiger charge is 2.32.